The van der Waals surface area contributed by atoms with Crippen molar-refractivity contribution in [2.75, 3.05) is 33.7 Å². The highest BCUT2D eigenvalue weighted by Gasteiger charge is 2.26. The summed E-state index contributed by atoms with van der Waals surface area (Å²) in [5.74, 6) is -1.18. The summed E-state index contributed by atoms with van der Waals surface area (Å²) in [5, 5.41) is 11.5. The summed E-state index contributed by atoms with van der Waals surface area (Å²) in [6, 6.07) is -0.226. The van der Waals surface area contributed by atoms with E-state index < -0.39 is 5.97 Å². The Bertz CT molecular complexity index is 349. The van der Waals surface area contributed by atoms with E-state index in [1.165, 1.54) is 4.90 Å². The van der Waals surface area contributed by atoms with Crippen molar-refractivity contribution in [2.24, 2.45) is 5.92 Å². The van der Waals surface area contributed by atoms with Crippen molar-refractivity contribution in [1.82, 2.24) is 15.1 Å². The lowest BCUT2D eigenvalue weighted by Crippen LogP contribution is -2.46. The molecule has 0 aliphatic carbocycles. The molecule has 1 heterocycles. The van der Waals surface area contributed by atoms with Crippen LogP contribution in [0.1, 0.15) is 19.3 Å². The maximum absolute atomic E-state index is 11.8. The number of carbonyl (C=O) groups excluding carboxylic acids is 2. The minimum Gasteiger partial charge on any atom is -0.481 e. The highest BCUT2D eigenvalue weighted by Crippen LogP contribution is 2.17. The number of likely N-dealkylation sites (tertiary alicyclic amines) is 1. The Hall–Kier alpha value is -1.79. The monoisotopic (exact) mass is 271 g/mol. The maximum Gasteiger partial charge on any atom is 0.317 e. The Labute approximate surface area is 112 Å². The fourth-order valence-electron chi connectivity index (χ4n) is 1.94. The molecule has 0 atom stereocenters. The number of hydrogen-bond acceptors (Lipinski definition) is 3. The summed E-state index contributed by atoms with van der Waals surface area (Å²) in [6.45, 7) is 1.20. The Balaban J connectivity index is 2.24. The van der Waals surface area contributed by atoms with Gasteiger partial charge in [0.15, 0.2) is 0 Å². The number of nitrogens with zero attached hydrogens (tertiary/aromatic N) is 2. The highest BCUT2D eigenvalue weighted by atomic mass is 16.4. The van der Waals surface area contributed by atoms with Gasteiger partial charge in [-0.2, -0.15) is 0 Å². The molecule has 0 radical (unpaired) electrons. The summed E-state index contributed by atoms with van der Waals surface area (Å²) >= 11 is 0. The van der Waals surface area contributed by atoms with Gasteiger partial charge in [-0.3, -0.25) is 9.59 Å². The van der Waals surface area contributed by atoms with Crippen LogP contribution in [0, 0.1) is 5.92 Å². The second-order valence-electron chi connectivity index (χ2n) is 4.87. The van der Waals surface area contributed by atoms with E-state index in [1.807, 2.05) is 0 Å². The lowest BCUT2D eigenvalue weighted by molar-refractivity contribution is -0.143. The topological polar surface area (TPSA) is 90.0 Å². The molecule has 7 nitrogen and oxygen atoms in total. The van der Waals surface area contributed by atoms with Gasteiger partial charge < -0.3 is 20.2 Å². The van der Waals surface area contributed by atoms with Crippen LogP contribution in [0.4, 0.5) is 4.79 Å². The zero-order valence-corrected chi connectivity index (χ0v) is 11.4. The van der Waals surface area contributed by atoms with Crippen molar-refractivity contribution in [3.8, 4) is 0 Å². The Morgan fingerprint density at radius 3 is 2.32 bits per heavy atom. The smallest absolute Gasteiger partial charge is 0.317 e. The second-order valence-corrected chi connectivity index (χ2v) is 4.87. The van der Waals surface area contributed by atoms with Gasteiger partial charge in [-0.1, -0.05) is 0 Å². The molecule has 0 aromatic rings. The quantitative estimate of drug-likeness (QED) is 0.751. The zero-order chi connectivity index (χ0) is 14.4. The van der Waals surface area contributed by atoms with Gasteiger partial charge in [0, 0.05) is 40.2 Å². The summed E-state index contributed by atoms with van der Waals surface area (Å²) in [5.41, 5.74) is 0. The van der Waals surface area contributed by atoms with Gasteiger partial charge in [-0.25, -0.2) is 4.79 Å². The van der Waals surface area contributed by atoms with Gasteiger partial charge in [0.2, 0.25) is 5.91 Å². The first kappa shape index (κ1) is 15.3. The molecule has 0 unspecified atom stereocenters. The Kier molecular flexibility index (Phi) is 5.59. The third kappa shape index (κ3) is 4.76. The molecule has 2 N–H and O–H groups in total. The largest absolute Gasteiger partial charge is 0.481 e. The van der Waals surface area contributed by atoms with Crippen LogP contribution in [0.5, 0.6) is 0 Å². The molecule has 0 aromatic carbocycles. The van der Waals surface area contributed by atoms with Crippen molar-refractivity contribution >= 4 is 17.9 Å². The van der Waals surface area contributed by atoms with Crippen LogP contribution in [-0.2, 0) is 9.59 Å². The van der Waals surface area contributed by atoms with E-state index >= 15 is 0 Å². The number of nitrogens with one attached hydrogen (secondary N) is 1. The van der Waals surface area contributed by atoms with Crippen LogP contribution in [0.2, 0.25) is 0 Å². The fourth-order valence-corrected chi connectivity index (χ4v) is 1.94. The fraction of sp³-hybridized carbons (Fsp3) is 0.750. The first-order valence-corrected chi connectivity index (χ1v) is 6.37. The van der Waals surface area contributed by atoms with E-state index in [0.29, 0.717) is 32.5 Å². The Morgan fingerprint density at radius 1 is 1.26 bits per heavy atom. The standard InChI is InChI=1S/C12H21N3O4/c1-14(2)10(16)3-6-13-12(19)15-7-4-9(5-8-15)11(17)18/h9H,3-8H2,1-2H3,(H,13,19)(H,17,18). The van der Waals surface area contributed by atoms with Gasteiger partial charge in [0.25, 0.3) is 0 Å². The highest BCUT2D eigenvalue weighted by molar-refractivity contribution is 5.78. The molecule has 3 amide bonds. The molecule has 19 heavy (non-hydrogen) atoms. The average Bonchev–Trinajstić information content (AvgIpc) is 2.38. The molecule has 1 aliphatic heterocycles. The number of hydrogen-bond donors (Lipinski definition) is 2. The maximum atomic E-state index is 11.8. The minimum atomic E-state index is -0.795. The number of carbonyl (C=O) groups is 3. The van der Waals surface area contributed by atoms with Crippen LogP contribution in [0.25, 0.3) is 0 Å². The van der Waals surface area contributed by atoms with E-state index in [4.69, 9.17) is 5.11 Å². The van der Waals surface area contributed by atoms with Gasteiger partial charge in [-0.05, 0) is 12.8 Å². The van der Waals surface area contributed by atoms with Crippen LogP contribution >= 0.6 is 0 Å². The molecular formula is C12H21N3O4. The number of aliphatic carboxylic acids is 1. The molecule has 0 spiro atoms. The molecule has 1 rings (SSSR count). The molecule has 108 valence electrons. The van der Waals surface area contributed by atoms with Gasteiger partial charge in [-0.15, -0.1) is 0 Å². The molecule has 1 saturated heterocycles. The molecule has 1 fully saturated rings. The normalized spacial score (nSPS) is 16.0. The van der Waals surface area contributed by atoms with Crippen LogP contribution in [-0.4, -0.2) is 66.5 Å². The van der Waals surface area contributed by atoms with E-state index in [1.54, 1.807) is 19.0 Å². The van der Waals surface area contributed by atoms with Gasteiger partial charge >= 0.3 is 12.0 Å². The second kappa shape index (κ2) is 6.96. The summed E-state index contributed by atoms with van der Waals surface area (Å²) < 4.78 is 0. The zero-order valence-electron chi connectivity index (χ0n) is 11.4. The number of piperidine rings is 1. The minimum absolute atomic E-state index is 0.0371. The summed E-state index contributed by atoms with van der Waals surface area (Å²) in [6.07, 6.45) is 1.24. The van der Waals surface area contributed by atoms with Crippen molar-refractivity contribution < 1.29 is 19.5 Å². The predicted octanol–water partition coefficient (Wildman–Crippen LogP) is -0.0291. The molecule has 0 saturated carbocycles. The van der Waals surface area contributed by atoms with Crippen LogP contribution in [0.15, 0.2) is 0 Å². The molecule has 0 aromatic heterocycles. The third-order valence-corrected chi connectivity index (χ3v) is 3.25. The summed E-state index contributed by atoms with van der Waals surface area (Å²) in [4.78, 5) is 36.9. The van der Waals surface area contributed by atoms with E-state index in [9.17, 15) is 14.4 Å². The number of amides is 3. The molecule has 7 heteroatoms. The SMILES string of the molecule is CN(C)C(=O)CCNC(=O)N1CCC(C(=O)O)CC1. The lowest BCUT2D eigenvalue weighted by Gasteiger charge is -2.30. The van der Waals surface area contributed by atoms with Crippen LogP contribution in [0.3, 0.4) is 0 Å². The molecular weight excluding hydrogens is 250 g/mol. The first-order valence-electron chi connectivity index (χ1n) is 6.37. The van der Waals surface area contributed by atoms with E-state index in [2.05, 4.69) is 5.32 Å². The number of carboxylic acid groups (broad SMARTS) is 1. The van der Waals surface area contributed by atoms with E-state index in [-0.39, 0.29) is 24.3 Å². The molecule has 1 aliphatic rings. The van der Waals surface area contributed by atoms with Gasteiger partial charge in [0.1, 0.15) is 0 Å². The number of urea groups is 1. The molecule has 0 bridgehead atoms. The van der Waals surface area contributed by atoms with Crippen molar-refractivity contribution in [3.63, 3.8) is 0 Å². The van der Waals surface area contributed by atoms with Crippen molar-refractivity contribution in [1.29, 1.82) is 0 Å². The summed E-state index contributed by atoms with van der Waals surface area (Å²) in [7, 11) is 3.33. The first-order chi connectivity index (χ1) is 8.91. The Morgan fingerprint density at radius 2 is 1.84 bits per heavy atom. The lowest BCUT2D eigenvalue weighted by atomic mass is 9.97. The van der Waals surface area contributed by atoms with E-state index in [0.717, 1.165) is 0 Å². The van der Waals surface area contributed by atoms with Crippen molar-refractivity contribution in [2.45, 2.75) is 19.3 Å². The predicted molar refractivity (Wildman–Crippen MR) is 68.6 cm³/mol. The van der Waals surface area contributed by atoms with Gasteiger partial charge in [0.05, 0.1) is 5.92 Å². The number of rotatable bonds is 4. The van der Waals surface area contributed by atoms with Crippen molar-refractivity contribution in [3.05, 3.63) is 0 Å². The van der Waals surface area contributed by atoms with Crippen LogP contribution < -0.4 is 5.32 Å². The average molecular weight is 271 g/mol. The third-order valence-electron chi connectivity index (χ3n) is 3.25. The number of carboxylic acids is 1.